The second-order valence-corrected chi connectivity index (χ2v) is 9.72. The second-order valence-electron chi connectivity index (χ2n) is 8.84. The van der Waals surface area contributed by atoms with Gasteiger partial charge in [0.1, 0.15) is 23.1 Å². The lowest BCUT2D eigenvalue weighted by molar-refractivity contribution is -0.140. The highest BCUT2D eigenvalue weighted by atomic mass is 35.5. The van der Waals surface area contributed by atoms with E-state index in [0.717, 1.165) is 12.1 Å². The quantitative estimate of drug-likeness (QED) is 0.119. The molecule has 0 fully saturated rings. The van der Waals surface area contributed by atoms with E-state index in [1.54, 1.807) is 0 Å². The van der Waals surface area contributed by atoms with Crippen molar-refractivity contribution < 1.29 is 54.2 Å². The number of carbonyl (C=O) groups excluding carboxylic acids is 2. The molecule has 14 heteroatoms. The van der Waals surface area contributed by atoms with E-state index in [1.807, 2.05) is 0 Å². The predicted octanol–water partition coefficient (Wildman–Crippen LogP) is 9.34. The van der Waals surface area contributed by atoms with Crippen LogP contribution in [0.2, 0.25) is 10.0 Å². The molecule has 4 aromatic carbocycles. The highest BCUT2D eigenvalue weighted by molar-refractivity contribution is 6.31. The first-order valence-corrected chi connectivity index (χ1v) is 12.5. The molecular weight excluding hydrogens is 635 g/mol. The van der Waals surface area contributed by atoms with Gasteiger partial charge in [-0.25, -0.2) is 18.4 Å². The van der Waals surface area contributed by atoms with E-state index in [0.29, 0.717) is 24.3 Å². The van der Waals surface area contributed by atoms with Crippen LogP contribution in [0.3, 0.4) is 0 Å². The van der Waals surface area contributed by atoms with Crippen LogP contribution in [0.5, 0.6) is 11.5 Å². The fraction of sp³-hybridized carbons (Fsp3) is 0.103. The highest BCUT2D eigenvalue weighted by Crippen LogP contribution is 2.35. The van der Waals surface area contributed by atoms with Gasteiger partial charge >= 0.3 is 24.3 Å². The van der Waals surface area contributed by atoms with E-state index in [2.05, 4.69) is 0 Å². The zero-order valence-corrected chi connectivity index (χ0v) is 22.6. The van der Waals surface area contributed by atoms with Crippen LogP contribution >= 0.6 is 23.2 Å². The van der Waals surface area contributed by atoms with Crippen LogP contribution in [0.4, 0.5) is 35.1 Å². The molecule has 0 bridgehead atoms. The van der Waals surface area contributed by atoms with E-state index in [4.69, 9.17) is 32.7 Å². The van der Waals surface area contributed by atoms with Crippen molar-refractivity contribution in [3.05, 3.63) is 128 Å². The summed E-state index contributed by atoms with van der Waals surface area (Å²) in [6.45, 7) is 0. The maximum atomic E-state index is 14.0. The van der Waals surface area contributed by atoms with Gasteiger partial charge in [-0.3, -0.25) is 0 Å². The maximum Gasteiger partial charge on any atom is 0.419 e. The van der Waals surface area contributed by atoms with Gasteiger partial charge in [-0.15, -0.1) is 0 Å². The molecule has 4 nitrogen and oxygen atoms in total. The molecule has 224 valence electrons. The molecule has 4 rings (SSSR count). The Morgan fingerprint density at radius 3 is 1.28 bits per heavy atom. The van der Waals surface area contributed by atoms with Crippen LogP contribution in [0.15, 0.2) is 72.8 Å². The molecule has 0 heterocycles. The van der Waals surface area contributed by atoms with E-state index < -0.39 is 58.2 Å². The Kier molecular flexibility index (Phi) is 9.02. The number of halogens is 10. The van der Waals surface area contributed by atoms with E-state index in [9.17, 15) is 44.7 Å². The molecule has 0 saturated carbocycles. The highest BCUT2D eigenvalue weighted by Gasteiger charge is 2.35. The van der Waals surface area contributed by atoms with Crippen LogP contribution in [0.1, 0.15) is 43.0 Å². The minimum Gasteiger partial charge on any atom is -0.423 e. The number of alkyl halides is 6. The third kappa shape index (κ3) is 7.63. The summed E-state index contributed by atoms with van der Waals surface area (Å²) in [5, 5.41) is 0.326. The number of hydrogen-bond donors (Lipinski definition) is 0. The van der Waals surface area contributed by atoms with Gasteiger partial charge in [0.15, 0.2) is 0 Å². The Morgan fingerprint density at radius 2 is 0.953 bits per heavy atom. The predicted molar refractivity (Wildman–Crippen MR) is 138 cm³/mol. The lowest BCUT2D eigenvalue weighted by Crippen LogP contribution is -2.14. The summed E-state index contributed by atoms with van der Waals surface area (Å²) in [7, 11) is 0. The molecule has 0 aliphatic carbocycles. The summed E-state index contributed by atoms with van der Waals surface area (Å²) in [5.74, 6) is -6.04. The number of ether oxygens (including phenoxy) is 2. The Bertz CT molecular complexity index is 1590. The van der Waals surface area contributed by atoms with Crippen molar-refractivity contribution in [3.8, 4) is 11.5 Å². The number of esters is 2. The number of rotatable bonds is 6. The molecule has 0 aromatic heterocycles. The standard InChI is InChI=1S/C29H14Cl2F8O4/c30-18-3-7-24(42-26(40)14-1-5-20(22(32)12-14)28(34,35)36)16(10-18)9-17-11-19(31)4-8-25(17)43-27(41)15-2-6-21(23(33)13-15)29(37,38)39/h1-8,10-13H,9H2. The summed E-state index contributed by atoms with van der Waals surface area (Å²) >= 11 is 12.2. The van der Waals surface area contributed by atoms with Gasteiger partial charge in [-0.05, 0) is 72.8 Å². The van der Waals surface area contributed by atoms with Gasteiger partial charge in [-0.2, -0.15) is 26.3 Å². The zero-order valence-electron chi connectivity index (χ0n) is 21.0. The van der Waals surface area contributed by atoms with Crippen molar-refractivity contribution in [2.45, 2.75) is 18.8 Å². The fourth-order valence-corrected chi connectivity index (χ4v) is 4.23. The monoisotopic (exact) mass is 648 g/mol. The molecule has 0 amide bonds. The van der Waals surface area contributed by atoms with Crippen LogP contribution < -0.4 is 9.47 Å². The first-order chi connectivity index (χ1) is 20.0. The third-order valence-corrected chi connectivity index (χ3v) is 6.32. The molecule has 0 atom stereocenters. The lowest BCUT2D eigenvalue weighted by Gasteiger charge is -2.15. The Hall–Kier alpha value is -4.16. The minimum absolute atomic E-state index is 0.142. The summed E-state index contributed by atoms with van der Waals surface area (Å²) < 4.78 is 116. The van der Waals surface area contributed by atoms with Gasteiger partial charge in [0.05, 0.1) is 22.3 Å². The summed E-state index contributed by atoms with van der Waals surface area (Å²) in [4.78, 5) is 25.3. The van der Waals surface area contributed by atoms with Crippen molar-refractivity contribution >= 4 is 35.1 Å². The average molecular weight is 649 g/mol. The third-order valence-electron chi connectivity index (χ3n) is 5.85. The number of hydrogen-bond acceptors (Lipinski definition) is 4. The maximum absolute atomic E-state index is 14.0. The molecule has 0 aliphatic rings. The van der Waals surface area contributed by atoms with Crippen LogP contribution in [-0.4, -0.2) is 11.9 Å². The van der Waals surface area contributed by atoms with Crippen molar-refractivity contribution in [3.63, 3.8) is 0 Å². The Labute approximate surface area is 247 Å². The van der Waals surface area contributed by atoms with Gasteiger partial charge in [0, 0.05) is 27.6 Å². The van der Waals surface area contributed by atoms with Crippen molar-refractivity contribution in [2.75, 3.05) is 0 Å². The van der Waals surface area contributed by atoms with E-state index >= 15 is 0 Å². The molecule has 43 heavy (non-hydrogen) atoms. The fourth-order valence-electron chi connectivity index (χ4n) is 3.84. The molecular formula is C29H14Cl2F8O4. The number of benzene rings is 4. The Balaban J connectivity index is 1.60. The van der Waals surface area contributed by atoms with Gasteiger partial charge in [0.2, 0.25) is 0 Å². The van der Waals surface area contributed by atoms with Crippen molar-refractivity contribution in [1.29, 1.82) is 0 Å². The molecule has 0 N–H and O–H groups in total. The summed E-state index contributed by atoms with van der Waals surface area (Å²) in [6, 6.07) is 10.9. The molecule has 0 saturated heterocycles. The Morgan fingerprint density at radius 1 is 0.581 bits per heavy atom. The molecule has 0 unspecified atom stereocenters. The molecule has 0 radical (unpaired) electrons. The largest absolute Gasteiger partial charge is 0.423 e. The van der Waals surface area contributed by atoms with Crippen molar-refractivity contribution in [2.24, 2.45) is 0 Å². The minimum atomic E-state index is -4.98. The average Bonchev–Trinajstić information content (AvgIpc) is 2.90. The van der Waals surface area contributed by atoms with Crippen molar-refractivity contribution in [1.82, 2.24) is 0 Å². The number of carbonyl (C=O) groups is 2. The SMILES string of the molecule is O=C(Oc1ccc(Cl)cc1Cc1cc(Cl)ccc1OC(=O)c1ccc(C(F)(F)F)c(F)c1)c1ccc(C(F)(F)F)c(F)c1. The van der Waals surface area contributed by atoms with E-state index in [-0.39, 0.29) is 39.1 Å². The molecule has 4 aromatic rings. The second kappa shape index (κ2) is 12.2. The van der Waals surface area contributed by atoms with Crippen LogP contribution in [-0.2, 0) is 18.8 Å². The zero-order chi connectivity index (χ0) is 31.7. The van der Waals surface area contributed by atoms with Gasteiger partial charge in [0.25, 0.3) is 0 Å². The van der Waals surface area contributed by atoms with E-state index in [1.165, 1.54) is 36.4 Å². The van der Waals surface area contributed by atoms with Crippen LogP contribution in [0, 0.1) is 11.6 Å². The first kappa shape index (κ1) is 31.8. The summed E-state index contributed by atoms with van der Waals surface area (Å²) in [5.41, 5.74) is -3.81. The van der Waals surface area contributed by atoms with Gasteiger partial charge < -0.3 is 9.47 Å². The molecule has 0 aliphatic heterocycles. The normalized spacial score (nSPS) is 11.8. The van der Waals surface area contributed by atoms with Crippen LogP contribution in [0.25, 0.3) is 0 Å². The smallest absolute Gasteiger partial charge is 0.419 e. The summed E-state index contributed by atoms with van der Waals surface area (Å²) in [6.07, 6.45) is -10.1. The topological polar surface area (TPSA) is 52.6 Å². The first-order valence-electron chi connectivity index (χ1n) is 11.8. The van der Waals surface area contributed by atoms with Gasteiger partial charge in [-0.1, -0.05) is 23.2 Å². The molecule has 0 spiro atoms. The lowest BCUT2D eigenvalue weighted by atomic mass is 10.0.